The highest BCUT2D eigenvalue weighted by molar-refractivity contribution is 5.90. The lowest BCUT2D eigenvalue weighted by Gasteiger charge is -2.11. The lowest BCUT2D eigenvalue weighted by molar-refractivity contribution is -0.122. The van der Waals surface area contributed by atoms with Gasteiger partial charge in [0.25, 0.3) is 0 Å². The van der Waals surface area contributed by atoms with Gasteiger partial charge in [-0.1, -0.05) is 24.3 Å². The maximum absolute atomic E-state index is 12.0. The minimum atomic E-state index is -0.516. The summed E-state index contributed by atoms with van der Waals surface area (Å²) in [7, 11) is 0. The van der Waals surface area contributed by atoms with E-state index in [1.807, 2.05) is 36.4 Å². The smallest absolute Gasteiger partial charge is 0.315 e. The Morgan fingerprint density at radius 1 is 1.25 bits per heavy atom. The monoisotopic (exact) mass is 329 g/mol. The van der Waals surface area contributed by atoms with Crippen LogP contribution in [-0.4, -0.2) is 24.5 Å². The van der Waals surface area contributed by atoms with E-state index in [1.165, 1.54) is 0 Å². The van der Waals surface area contributed by atoms with E-state index < -0.39 is 6.04 Å². The Morgan fingerprint density at radius 3 is 2.88 bits per heavy atom. The van der Waals surface area contributed by atoms with Gasteiger partial charge in [0.2, 0.25) is 5.91 Å². The van der Waals surface area contributed by atoms with Gasteiger partial charge in [0.1, 0.15) is 18.4 Å². The van der Waals surface area contributed by atoms with Gasteiger partial charge in [0.15, 0.2) is 0 Å². The first-order chi connectivity index (χ1) is 11.7. The van der Waals surface area contributed by atoms with Crippen molar-refractivity contribution in [1.82, 2.24) is 16.0 Å². The van der Waals surface area contributed by atoms with Gasteiger partial charge in [0.05, 0.1) is 12.9 Å². The summed E-state index contributed by atoms with van der Waals surface area (Å²) >= 11 is 0. The van der Waals surface area contributed by atoms with Crippen molar-refractivity contribution >= 4 is 11.9 Å². The topological polar surface area (TPSA) is 92.6 Å². The maximum Gasteiger partial charge on any atom is 0.315 e. The van der Waals surface area contributed by atoms with Crippen LogP contribution in [0.2, 0.25) is 0 Å². The molecule has 1 aliphatic heterocycles. The molecule has 3 amide bonds. The van der Waals surface area contributed by atoms with Crippen molar-refractivity contribution < 1.29 is 18.7 Å². The fourth-order valence-corrected chi connectivity index (χ4v) is 2.42. The van der Waals surface area contributed by atoms with E-state index in [2.05, 4.69) is 16.0 Å². The first-order valence-electron chi connectivity index (χ1n) is 7.71. The van der Waals surface area contributed by atoms with E-state index in [-0.39, 0.29) is 11.9 Å². The van der Waals surface area contributed by atoms with E-state index >= 15 is 0 Å². The third-order valence-corrected chi connectivity index (χ3v) is 3.64. The number of carbonyl (C=O) groups excluding carboxylic acids is 2. The van der Waals surface area contributed by atoms with E-state index in [9.17, 15) is 9.59 Å². The van der Waals surface area contributed by atoms with E-state index in [1.54, 1.807) is 6.26 Å². The van der Waals surface area contributed by atoms with E-state index in [4.69, 9.17) is 9.15 Å². The minimum absolute atomic E-state index is 0.201. The summed E-state index contributed by atoms with van der Waals surface area (Å²) in [5.41, 5.74) is 1.99. The predicted molar refractivity (Wildman–Crippen MR) is 85.8 cm³/mol. The quantitative estimate of drug-likeness (QED) is 0.714. The third-order valence-electron chi connectivity index (χ3n) is 3.64. The Bertz CT molecular complexity index is 700. The number of hydrogen-bond acceptors (Lipinski definition) is 4. The molecule has 2 heterocycles. The minimum Gasteiger partial charge on any atom is -0.467 e. The molecule has 0 saturated carbocycles. The molecule has 1 aromatic heterocycles. The molecule has 0 aliphatic carbocycles. The number of ether oxygens (including phenoxy) is 1. The fraction of sp³-hybridized carbons (Fsp3) is 0.294. The summed E-state index contributed by atoms with van der Waals surface area (Å²) in [6.45, 7) is 1.59. The largest absolute Gasteiger partial charge is 0.467 e. The van der Waals surface area contributed by atoms with Crippen molar-refractivity contribution in [2.45, 2.75) is 25.8 Å². The average Bonchev–Trinajstić information content (AvgIpc) is 3.25. The zero-order valence-corrected chi connectivity index (χ0v) is 13.1. The van der Waals surface area contributed by atoms with Gasteiger partial charge in [0, 0.05) is 13.1 Å². The van der Waals surface area contributed by atoms with Crippen LogP contribution in [0, 0.1) is 0 Å². The van der Waals surface area contributed by atoms with Crippen LogP contribution in [0.5, 0.6) is 0 Å². The summed E-state index contributed by atoms with van der Waals surface area (Å²) in [4.78, 5) is 23.0. The van der Waals surface area contributed by atoms with Gasteiger partial charge in [-0.15, -0.1) is 0 Å². The van der Waals surface area contributed by atoms with Crippen LogP contribution < -0.4 is 16.0 Å². The van der Waals surface area contributed by atoms with Crippen LogP contribution in [0.15, 0.2) is 47.1 Å². The van der Waals surface area contributed by atoms with E-state index in [0.29, 0.717) is 26.3 Å². The standard InChI is InChI=1S/C17H19N3O4/c21-16(15-9-19-17(22)20-15)18-8-12-3-1-4-13(7-12)10-23-11-14-5-2-6-24-14/h1-7,15H,8-11H2,(H,18,21)(H2,19,20,22). The Kier molecular flexibility index (Phi) is 5.12. The molecular formula is C17H19N3O4. The first kappa shape index (κ1) is 16.1. The van der Waals surface area contributed by atoms with Crippen molar-refractivity contribution in [1.29, 1.82) is 0 Å². The van der Waals surface area contributed by atoms with Crippen LogP contribution in [0.4, 0.5) is 4.79 Å². The first-order valence-corrected chi connectivity index (χ1v) is 7.71. The molecule has 24 heavy (non-hydrogen) atoms. The van der Waals surface area contributed by atoms with Crippen LogP contribution in [-0.2, 0) is 29.3 Å². The zero-order chi connectivity index (χ0) is 16.8. The number of furan rings is 1. The Hall–Kier alpha value is -2.80. The van der Waals surface area contributed by atoms with Crippen LogP contribution in [0.1, 0.15) is 16.9 Å². The Morgan fingerprint density at radius 2 is 2.12 bits per heavy atom. The predicted octanol–water partition coefficient (Wildman–Crippen LogP) is 1.29. The molecule has 3 rings (SSSR count). The average molecular weight is 329 g/mol. The van der Waals surface area contributed by atoms with Gasteiger partial charge in [-0.2, -0.15) is 0 Å². The highest BCUT2D eigenvalue weighted by Gasteiger charge is 2.26. The normalized spacial score (nSPS) is 16.5. The molecule has 7 nitrogen and oxygen atoms in total. The van der Waals surface area contributed by atoms with Gasteiger partial charge < -0.3 is 25.1 Å². The van der Waals surface area contributed by atoms with Gasteiger partial charge in [-0.25, -0.2) is 4.79 Å². The number of benzene rings is 1. The molecule has 126 valence electrons. The van der Waals surface area contributed by atoms with Crippen molar-refractivity contribution in [2.24, 2.45) is 0 Å². The highest BCUT2D eigenvalue weighted by atomic mass is 16.5. The maximum atomic E-state index is 12.0. The Labute approximate surface area is 139 Å². The molecule has 1 unspecified atom stereocenters. The van der Waals surface area contributed by atoms with Crippen LogP contribution in [0.25, 0.3) is 0 Å². The van der Waals surface area contributed by atoms with Gasteiger partial charge in [-0.3, -0.25) is 4.79 Å². The molecule has 0 bridgehead atoms. The highest BCUT2D eigenvalue weighted by Crippen LogP contribution is 2.09. The molecule has 3 N–H and O–H groups in total. The number of carbonyl (C=O) groups is 2. The molecular weight excluding hydrogens is 310 g/mol. The number of rotatable bonds is 7. The molecule has 1 atom stereocenters. The molecule has 1 aliphatic rings. The van der Waals surface area contributed by atoms with Crippen LogP contribution >= 0.6 is 0 Å². The van der Waals surface area contributed by atoms with Gasteiger partial charge in [-0.05, 0) is 23.3 Å². The summed E-state index contributed by atoms with van der Waals surface area (Å²) in [6.07, 6.45) is 1.62. The Balaban J connectivity index is 1.46. The molecule has 1 saturated heterocycles. The molecule has 0 spiro atoms. The molecule has 1 aromatic carbocycles. The number of hydrogen-bond donors (Lipinski definition) is 3. The summed E-state index contributed by atoms with van der Waals surface area (Å²) in [5.74, 6) is 0.582. The molecule has 7 heteroatoms. The third kappa shape index (κ3) is 4.36. The zero-order valence-electron chi connectivity index (χ0n) is 13.1. The van der Waals surface area contributed by atoms with Crippen molar-refractivity contribution in [3.05, 3.63) is 59.5 Å². The summed E-state index contributed by atoms with van der Waals surface area (Å²) < 4.78 is 10.8. The molecule has 2 aromatic rings. The number of urea groups is 1. The second kappa shape index (κ2) is 7.65. The van der Waals surface area contributed by atoms with Crippen molar-refractivity contribution in [3.63, 3.8) is 0 Å². The summed E-state index contributed by atoms with van der Waals surface area (Å²) in [6, 6.07) is 10.7. The van der Waals surface area contributed by atoms with Crippen molar-refractivity contribution in [2.75, 3.05) is 6.54 Å². The lowest BCUT2D eigenvalue weighted by atomic mass is 10.1. The molecule has 0 radical (unpaired) electrons. The molecule has 1 fully saturated rings. The van der Waals surface area contributed by atoms with Gasteiger partial charge >= 0.3 is 6.03 Å². The summed E-state index contributed by atoms with van der Waals surface area (Å²) in [5, 5.41) is 7.93. The van der Waals surface area contributed by atoms with E-state index in [0.717, 1.165) is 16.9 Å². The van der Waals surface area contributed by atoms with Crippen LogP contribution in [0.3, 0.4) is 0 Å². The number of amides is 3. The van der Waals surface area contributed by atoms with Crippen molar-refractivity contribution in [3.8, 4) is 0 Å². The second-order valence-corrected chi connectivity index (χ2v) is 5.52. The lowest BCUT2D eigenvalue weighted by Crippen LogP contribution is -2.42. The fourth-order valence-electron chi connectivity index (χ4n) is 2.42. The SMILES string of the molecule is O=C1NCC(C(=O)NCc2cccc(COCc3ccco3)c2)N1. The number of nitrogens with one attached hydrogen (secondary N) is 3. The second-order valence-electron chi connectivity index (χ2n) is 5.52.